The summed E-state index contributed by atoms with van der Waals surface area (Å²) in [6.45, 7) is 7.28. The molecule has 1 aliphatic heterocycles. The van der Waals surface area contributed by atoms with Crippen LogP contribution in [0.25, 0.3) is 10.2 Å². The van der Waals surface area contributed by atoms with Gasteiger partial charge in [0, 0.05) is 23.5 Å². The molecule has 1 N–H and O–H groups in total. The molecule has 2 aromatic heterocycles. The van der Waals surface area contributed by atoms with Crippen LogP contribution in [-0.4, -0.2) is 42.1 Å². The Balaban J connectivity index is 0.00000196. The molecule has 11 heteroatoms. The lowest BCUT2D eigenvalue weighted by molar-refractivity contribution is 0.0593. The molecule has 0 atom stereocenters. The van der Waals surface area contributed by atoms with Crippen molar-refractivity contribution < 1.29 is 23.5 Å². The molecular formula is C34H35FN4O4S2. The molecule has 0 radical (unpaired) electrons. The third kappa shape index (κ3) is 7.32. The highest BCUT2D eigenvalue weighted by atomic mass is 32.1. The Morgan fingerprint density at radius 2 is 1.87 bits per heavy atom. The number of carbonyl (C=O) groups is 2. The Bertz CT molecular complexity index is 1790. The van der Waals surface area contributed by atoms with Crippen molar-refractivity contribution in [3.8, 4) is 5.75 Å². The molecule has 6 rings (SSSR count). The van der Waals surface area contributed by atoms with Crippen molar-refractivity contribution in [2.45, 2.75) is 46.6 Å². The third-order valence-electron chi connectivity index (χ3n) is 7.26. The number of benzene rings is 3. The van der Waals surface area contributed by atoms with E-state index in [1.54, 1.807) is 12.1 Å². The van der Waals surface area contributed by atoms with Crippen molar-refractivity contribution in [2.75, 3.05) is 30.5 Å². The number of para-hydroxylation sites is 1. The Kier molecular flexibility index (Phi) is 10.4. The number of hydrogen-bond donors (Lipinski definition) is 1. The van der Waals surface area contributed by atoms with Crippen LogP contribution in [0.4, 0.5) is 14.7 Å². The van der Waals surface area contributed by atoms with Gasteiger partial charge in [0.25, 0.3) is 5.91 Å². The second-order valence-electron chi connectivity index (χ2n) is 10.2. The monoisotopic (exact) mass is 646 g/mol. The largest absolute Gasteiger partial charge is 0.491 e. The lowest BCUT2D eigenvalue weighted by atomic mass is 9.94. The summed E-state index contributed by atoms with van der Waals surface area (Å²) in [5.41, 5.74) is 4.57. The van der Waals surface area contributed by atoms with Gasteiger partial charge in [-0.1, -0.05) is 55.5 Å². The van der Waals surface area contributed by atoms with Crippen LogP contribution in [0.1, 0.15) is 62.7 Å². The number of ether oxygens (including phenoxy) is 2. The van der Waals surface area contributed by atoms with E-state index in [-0.39, 0.29) is 24.0 Å². The normalized spacial score (nSPS) is 12.2. The number of nitrogens with one attached hydrogen (secondary N) is 1. The molecule has 1 aliphatic rings. The number of halogens is 1. The number of amides is 1. The van der Waals surface area contributed by atoms with Gasteiger partial charge in [-0.3, -0.25) is 10.1 Å². The first-order valence-electron chi connectivity index (χ1n) is 14.9. The number of esters is 1. The SMILES string of the molecule is CC.COC(=O)c1nc(N2CCc3cccc(C(=O)Nc4nc5ccccc5s4)c3C2)sc1CCCOc1ccc(C)cc1F. The first-order valence-corrected chi connectivity index (χ1v) is 16.5. The zero-order chi connectivity index (χ0) is 31.9. The first-order chi connectivity index (χ1) is 21.9. The maximum Gasteiger partial charge on any atom is 0.357 e. The van der Waals surface area contributed by atoms with E-state index in [4.69, 9.17) is 9.47 Å². The van der Waals surface area contributed by atoms with Gasteiger partial charge in [-0.15, -0.1) is 11.3 Å². The summed E-state index contributed by atoms with van der Waals surface area (Å²) in [5.74, 6) is -0.901. The molecule has 8 nitrogen and oxygen atoms in total. The fraction of sp³-hybridized carbons (Fsp3) is 0.294. The van der Waals surface area contributed by atoms with Crippen molar-refractivity contribution in [1.82, 2.24) is 9.97 Å². The second-order valence-corrected chi connectivity index (χ2v) is 12.3. The lowest BCUT2D eigenvalue weighted by Gasteiger charge is -2.29. The lowest BCUT2D eigenvalue weighted by Crippen LogP contribution is -2.32. The Morgan fingerprint density at radius 3 is 2.64 bits per heavy atom. The highest BCUT2D eigenvalue weighted by Crippen LogP contribution is 2.33. The van der Waals surface area contributed by atoms with Gasteiger partial charge in [-0.05, 0) is 73.2 Å². The van der Waals surface area contributed by atoms with Gasteiger partial charge in [0.15, 0.2) is 27.5 Å². The Labute approximate surface area is 269 Å². The fourth-order valence-corrected chi connectivity index (χ4v) is 7.06. The van der Waals surface area contributed by atoms with Gasteiger partial charge in [0.2, 0.25) is 0 Å². The summed E-state index contributed by atoms with van der Waals surface area (Å²) >= 11 is 2.87. The number of fused-ring (bicyclic) bond motifs is 2. The van der Waals surface area contributed by atoms with Crippen molar-refractivity contribution in [3.63, 3.8) is 0 Å². The Hall–Kier alpha value is -4.35. The van der Waals surface area contributed by atoms with Crippen LogP contribution < -0.4 is 15.0 Å². The number of anilines is 2. The van der Waals surface area contributed by atoms with E-state index in [1.165, 1.54) is 35.8 Å². The molecule has 0 saturated carbocycles. The third-order valence-corrected chi connectivity index (χ3v) is 9.39. The molecule has 0 saturated heterocycles. The second kappa shape index (κ2) is 14.6. The van der Waals surface area contributed by atoms with Crippen LogP contribution in [0.3, 0.4) is 0 Å². The maximum absolute atomic E-state index is 14.1. The summed E-state index contributed by atoms with van der Waals surface area (Å²) in [6, 6.07) is 18.4. The summed E-state index contributed by atoms with van der Waals surface area (Å²) in [7, 11) is 1.34. The highest BCUT2D eigenvalue weighted by Gasteiger charge is 2.27. The van der Waals surface area contributed by atoms with E-state index in [9.17, 15) is 14.0 Å². The number of aromatic nitrogens is 2. The smallest absolute Gasteiger partial charge is 0.357 e. The minimum Gasteiger partial charge on any atom is -0.491 e. The molecule has 3 aromatic carbocycles. The number of hydrogen-bond acceptors (Lipinski definition) is 9. The molecule has 0 spiro atoms. The number of aryl methyl sites for hydroxylation is 2. The summed E-state index contributed by atoms with van der Waals surface area (Å²) < 4.78 is 25.8. The van der Waals surface area contributed by atoms with Crippen LogP contribution >= 0.6 is 22.7 Å². The molecule has 0 aliphatic carbocycles. The van der Waals surface area contributed by atoms with Crippen molar-refractivity contribution in [2.24, 2.45) is 0 Å². The maximum atomic E-state index is 14.1. The van der Waals surface area contributed by atoms with Gasteiger partial charge in [-0.2, -0.15) is 0 Å². The molecular weight excluding hydrogens is 612 g/mol. The zero-order valence-corrected chi connectivity index (χ0v) is 27.3. The number of nitrogens with zero attached hydrogens (tertiary/aromatic N) is 3. The Morgan fingerprint density at radius 1 is 1.04 bits per heavy atom. The van der Waals surface area contributed by atoms with Gasteiger partial charge < -0.3 is 14.4 Å². The predicted molar refractivity (Wildman–Crippen MR) is 179 cm³/mol. The van der Waals surface area contributed by atoms with Gasteiger partial charge >= 0.3 is 5.97 Å². The summed E-state index contributed by atoms with van der Waals surface area (Å²) in [6.07, 6.45) is 1.82. The number of thiazole rings is 2. The molecule has 0 bridgehead atoms. The van der Waals surface area contributed by atoms with Crippen molar-refractivity contribution in [3.05, 3.63) is 99.3 Å². The quantitative estimate of drug-likeness (QED) is 0.129. The number of carbonyl (C=O) groups excluding carboxylic acids is 2. The molecule has 1 amide bonds. The zero-order valence-electron chi connectivity index (χ0n) is 25.7. The van der Waals surface area contributed by atoms with E-state index in [2.05, 4.69) is 20.2 Å². The molecule has 234 valence electrons. The molecule has 5 aromatic rings. The predicted octanol–water partition coefficient (Wildman–Crippen LogP) is 7.84. The molecule has 0 fully saturated rings. The average molecular weight is 647 g/mol. The summed E-state index contributed by atoms with van der Waals surface area (Å²) in [4.78, 5) is 38.1. The van der Waals surface area contributed by atoms with E-state index in [0.29, 0.717) is 41.8 Å². The van der Waals surface area contributed by atoms with E-state index < -0.39 is 11.8 Å². The van der Waals surface area contributed by atoms with Crippen LogP contribution in [0.15, 0.2) is 60.7 Å². The molecule has 3 heterocycles. The van der Waals surface area contributed by atoms with E-state index in [0.717, 1.165) is 38.2 Å². The summed E-state index contributed by atoms with van der Waals surface area (Å²) in [5, 5.41) is 4.22. The van der Waals surface area contributed by atoms with Gasteiger partial charge in [0.1, 0.15) is 0 Å². The minimum atomic E-state index is -0.503. The van der Waals surface area contributed by atoms with Crippen molar-refractivity contribution >= 4 is 55.0 Å². The van der Waals surface area contributed by atoms with Crippen LogP contribution in [-0.2, 0) is 24.1 Å². The van der Waals surface area contributed by atoms with Gasteiger partial charge in [0.05, 0.1) is 23.9 Å². The number of methoxy groups -OCH3 is 1. The number of rotatable bonds is 9. The van der Waals surface area contributed by atoms with Crippen LogP contribution in [0.5, 0.6) is 5.75 Å². The van der Waals surface area contributed by atoms with Gasteiger partial charge in [-0.25, -0.2) is 19.2 Å². The van der Waals surface area contributed by atoms with Crippen LogP contribution in [0.2, 0.25) is 0 Å². The average Bonchev–Trinajstić information content (AvgIpc) is 3.68. The minimum absolute atomic E-state index is 0.207. The highest BCUT2D eigenvalue weighted by molar-refractivity contribution is 7.22. The molecule has 0 unspecified atom stereocenters. The fourth-order valence-electron chi connectivity index (χ4n) is 5.09. The first kappa shape index (κ1) is 32.1. The van der Waals surface area contributed by atoms with Crippen LogP contribution in [0, 0.1) is 12.7 Å². The van der Waals surface area contributed by atoms with Crippen molar-refractivity contribution in [1.29, 1.82) is 0 Å². The molecule has 45 heavy (non-hydrogen) atoms. The van der Waals surface area contributed by atoms with E-state index in [1.807, 2.05) is 63.2 Å². The van der Waals surface area contributed by atoms with E-state index >= 15 is 0 Å². The topological polar surface area (TPSA) is 93.7 Å². The standard InChI is InChI=1S/C32H29FN4O4S2.C2H6/c1-19-12-13-25(23(33)17-19)41-16-6-11-27-28(30(39)40-2)35-32(43-27)37-15-14-20-7-5-8-21(22(20)18-37)29(38)36-31-34-24-9-3-4-10-26(24)42-31;1-2/h3-5,7-10,12-13,17H,6,11,14-16,18H2,1-2H3,(H,34,36,38);1-2H3.